The first-order valence-corrected chi connectivity index (χ1v) is 12.0. The molecule has 2 aliphatic carbocycles. The lowest BCUT2D eigenvalue weighted by atomic mass is 9.88. The lowest BCUT2D eigenvalue weighted by molar-refractivity contribution is -0.119. The van der Waals surface area contributed by atoms with Gasteiger partial charge < -0.3 is 10.6 Å². The van der Waals surface area contributed by atoms with Gasteiger partial charge in [0.15, 0.2) is 0 Å². The van der Waals surface area contributed by atoms with E-state index in [1.807, 2.05) is 27.0 Å². The molecule has 2 amide bonds. The maximum Gasteiger partial charge on any atom is 0.270 e. The van der Waals surface area contributed by atoms with Gasteiger partial charge in [-0.15, -0.1) is 0 Å². The van der Waals surface area contributed by atoms with E-state index in [1.165, 1.54) is 0 Å². The van der Waals surface area contributed by atoms with Crippen LogP contribution in [0.5, 0.6) is 0 Å². The van der Waals surface area contributed by atoms with Gasteiger partial charge in [-0.2, -0.15) is 15.3 Å². The number of aromatic nitrogens is 6. The molecule has 2 N–H and O–H groups in total. The number of carbonyl (C=O) groups is 2. The summed E-state index contributed by atoms with van der Waals surface area (Å²) in [6.07, 6.45) is 11.3. The van der Waals surface area contributed by atoms with Crippen molar-refractivity contribution in [2.75, 3.05) is 5.32 Å². The summed E-state index contributed by atoms with van der Waals surface area (Å²) in [5.41, 5.74) is 2.10. The molecule has 2 aliphatic rings. The fraction of sp³-hybridized carbons (Fsp3) is 0.542. The molecule has 0 spiro atoms. The van der Waals surface area contributed by atoms with Gasteiger partial charge in [-0.05, 0) is 69.4 Å². The van der Waals surface area contributed by atoms with Crippen molar-refractivity contribution in [1.29, 1.82) is 0 Å². The molecular formula is C24H32N8O2. The molecule has 0 saturated heterocycles. The standard InChI is InChI=1S/C24H32N8O2/c1-15(2)32-20(9-11-26-32)23(33)29-22(21(16-4-5-16)17-6-7-17)24(34)28-18-12-27-31(13-18)14-19-8-10-25-30(19)3/h8-13,15-17,21-22H,4-7,14H2,1-3H3,(H,28,34)(H,29,33). The van der Waals surface area contributed by atoms with Crippen molar-refractivity contribution < 1.29 is 9.59 Å². The summed E-state index contributed by atoms with van der Waals surface area (Å²) in [6, 6.07) is 3.10. The normalized spacial score (nSPS) is 16.7. The summed E-state index contributed by atoms with van der Waals surface area (Å²) in [5, 5.41) is 18.9. The Balaban J connectivity index is 1.33. The molecule has 2 saturated carbocycles. The Morgan fingerprint density at radius 1 is 1.06 bits per heavy atom. The maximum absolute atomic E-state index is 13.5. The highest BCUT2D eigenvalue weighted by atomic mass is 16.2. The molecule has 0 bridgehead atoms. The Bertz CT molecular complexity index is 1160. The minimum atomic E-state index is -0.594. The van der Waals surface area contributed by atoms with E-state index in [2.05, 4.69) is 25.9 Å². The van der Waals surface area contributed by atoms with Crippen molar-refractivity contribution >= 4 is 17.5 Å². The van der Waals surface area contributed by atoms with E-state index in [9.17, 15) is 9.59 Å². The van der Waals surface area contributed by atoms with Crippen LogP contribution in [-0.4, -0.2) is 47.2 Å². The third-order valence-electron chi connectivity index (χ3n) is 6.83. The maximum atomic E-state index is 13.5. The number of carbonyl (C=O) groups excluding carboxylic acids is 2. The third kappa shape index (κ3) is 4.76. The summed E-state index contributed by atoms with van der Waals surface area (Å²) >= 11 is 0. The Morgan fingerprint density at radius 3 is 2.38 bits per heavy atom. The number of hydrogen-bond acceptors (Lipinski definition) is 5. The van der Waals surface area contributed by atoms with Crippen molar-refractivity contribution in [1.82, 2.24) is 34.7 Å². The van der Waals surface area contributed by atoms with E-state index in [0.29, 0.717) is 29.8 Å². The van der Waals surface area contributed by atoms with E-state index >= 15 is 0 Å². The quantitative estimate of drug-likeness (QED) is 0.479. The van der Waals surface area contributed by atoms with Crippen LogP contribution in [0.3, 0.4) is 0 Å². The monoisotopic (exact) mass is 464 g/mol. The van der Waals surface area contributed by atoms with Gasteiger partial charge in [0.05, 0.1) is 24.1 Å². The first kappa shape index (κ1) is 22.4. The molecule has 34 heavy (non-hydrogen) atoms. The second-order valence-corrected chi connectivity index (χ2v) is 9.82. The largest absolute Gasteiger partial charge is 0.339 e. The zero-order valence-electron chi connectivity index (χ0n) is 19.9. The second kappa shape index (κ2) is 9.08. The first-order chi connectivity index (χ1) is 16.4. The van der Waals surface area contributed by atoms with Crippen LogP contribution in [0.15, 0.2) is 36.9 Å². The molecule has 0 aliphatic heterocycles. The minimum Gasteiger partial charge on any atom is -0.339 e. The van der Waals surface area contributed by atoms with Crippen LogP contribution in [0.25, 0.3) is 0 Å². The second-order valence-electron chi connectivity index (χ2n) is 9.82. The van der Waals surface area contributed by atoms with Crippen LogP contribution in [0.4, 0.5) is 5.69 Å². The first-order valence-electron chi connectivity index (χ1n) is 12.0. The summed E-state index contributed by atoms with van der Waals surface area (Å²) in [4.78, 5) is 26.7. The fourth-order valence-electron chi connectivity index (χ4n) is 4.81. The molecule has 1 unspecified atom stereocenters. The van der Waals surface area contributed by atoms with Gasteiger partial charge in [-0.1, -0.05) is 0 Å². The minimum absolute atomic E-state index is 0.0518. The number of hydrogen-bond donors (Lipinski definition) is 2. The summed E-state index contributed by atoms with van der Waals surface area (Å²) in [7, 11) is 1.88. The summed E-state index contributed by atoms with van der Waals surface area (Å²) < 4.78 is 5.25. The predicted octanol–water partition coefficient (Wildman–Crippen LogP) is 2.62. The summed E-state index contributed by atoms with van der Waals surface area (Å²) in [5.74, 6) is 0.693. The lowest BCUT2D eigenvalue weighted by Crippen LogP contribution is -2.50. The number of nitrogens with zero attached hydrogens (tertiary/aromatic N) is 6. The lowest BCUT2D eigenvalue weighted by Gasteiger charge is -2.27. The molecule has 180 valence electrons. The van der Waals surface area contributed by atoms with Crippen molar-refractivity contribution in [2.45, 2.75) is 58.2 Å². The Morgan fingerprint density at radius 2 is 1.76 bits per heavy atom. The molecule has 10 heteroatoms. The average molecular weight is 465 g/mol. The van der Waals surface area contributed by atoms with Crippen LogP contribution in [0, 0.1) is 17.8 Å². The number of aryl methyl sites for hydroxylation is 1. The van der Waals surface area contributed by atoms with Crippen LogP contribution in [0.2, 0.25) is 0 Å². The van der Waals surface area contributed by atoms with E-state index < -0.39 is 6.04 Å². The molecule has 3 aromatic rings. The number of rotatable bonds is 10. The highest BCUT2D eigenvalue weighted by Crippen LogP contribution is 2.50. The van der Waals surface area contributed by atoms with Gasteiger partial charge >= 0.3 is 0 Å². The number of nitrogens with one attached hydrogen (secondary N) is 2. The Labute approximate surface area is 198 Å². The highest BCUT2D eigenvalue weighted by molar-refractivity contribution is 6.00. The van der Waals surface area contributed by atoms with Crippen LogP contribution in [-0.2, 0) is 18.4 Å². The molecular weight excluding hydrogens is 432 g/mol. The van der Waals surface area contributed by atoms with Gasteiger partial charge in [0, 0.05) is 31.7 Å². The van der Waals surface area contributed by atoms with Gasteiger partial charge in [-0.3, -0.25) is 23.6 Å². The zero-order chi connectivity index (χ0) is 23.8. The zero-order valence-corrected chi connectivity index (χ0v) is 19.9. The molecule has 5 rings (SSSR count). The van der Waals surface area contributed by atoms with E-state index in [0.717, 1.165) is 31.4 Å². The summed E-state index contributed by atoms with van der Waals surface area (Å²) in [6.45, 7) is 4.52. The highest BCUT2D eigenvalue weighted by Gasteiger charge is 2.48. The van der Waals surface area contributed by atoms with Crippen molar-refractivity contribution in [2.24, 2.45) is 24.8 Å². The SMILES string of the molecule is CC(C)n1nccc1C(=O)NC(C(=O)Nc1cnn(Cc2ccnn2C)c1)C(C1CC1)C1CC1. The molecule has 2 fully saturated rings. The molecule has 1 atom stereocenters. The third-order valence-corrected chi connectivity index (χ3v) is 6.83. The van der Waals surface area contributed by atoms with Crippen molar-refractivity contribution in [3.05, 3.63) is 48.3 Å². The molecule has 3 aromatic heterocycles. The molecule has 0 radical (unpaired) electrons. The van der Waals surface area contributed by atoms with Crippen molar-refractivity contribution in [3.8, 4) is 0 Å². The van der Waals surface area contributed by atoms with Gasteiger partial charge in [-0.25, -0.2) is 0 Å². The van der Waals surface area contributed by atoms with Crippen LogP contribution in [0.1, 0.15) is 61.8 Å². The fourth-order valence-corrected chi connectivity index (χ4v) is 4.81. The topological polar surface area (TPSA) is 112 Å². The van der Waals surface area contributed by atoms with E-state index in [1.54, 1.807) is 44.9 Å². The average Bonchev–Trinajstić information content (AvgIpc) is 3.68. The van der Waals surface area contributed by atoms with Crippen LogP contribution < -0.4 is 10.6 Å². The van der Waals surface area contributed by atoms with E-state index in [4.69, 9.17) is 0 Å². The Hall–Kier alpha value is -3.43. The Kier molecular flexibility index (Phi) is 5.97. The molecule has 0 aromatic carbocycles. The molecule has 10 nitrogen and oxygen atoms in total. The molecule has 3 heterocycles. The number of amides is 2. The van der Waals surface area contributed by atoms with Crippen LogP contribution >= 0.6 is 0 Å². The van der Waals surface area contributed by atoms with Gasteiger partial charge in [0.25, 0.3) is 5.91 Å². The van der Waals surface area contributed by atoms with Gasteiger partial charge in [0.2, 0.25) is 5.91 Å². The predicted molar refractivity (Wildman–Crippen MR) is 126 cm³/mol. The van der Waals surface area contributed by atoms with Crippen molar-refractivity contribution in [3.63, 3.8) is 0 Å². The van der Waals surface area contributed by atoms with Gasteiger partial charge in [0.1, 0.15) is 11.7 Å². The smallest absolute Gasteiger partial charge is 0.270 e. The number of anilines is 1. The van der Waals surface area contributed by atoms with E-state index in [-0.39, 0.29) is 23.8 Å².